The van der Waals surface area contributed by atoms with Gasteiger partial charge in [-0.3, -0.25) is 9.20 Å². The third-order valence-corrected chi connectivity index (χ3v) is 3.47. The highest BCUT2D eigenvalue weighted by atomic mass is 32.2. The molecule has 5 nitrogen and oxygen atoms in total. The summed E-state index contributed by atoms with van der Waals surface area (Å²) >= 11 is 1.63. The van der Waals surface area contributed by atoms with Crippen LogP contribution >= 0.6 is 11.8 Å². The SMILES string of the molecule is CC(C)SCC(=O)NCc1nnc2ccccn12. The normalized spacial score (nSPS) is 11.1. The van der Waals surface area contributed by atoms with Crippen LogP contribution in [0.25, 0.3) is 5.65 Å². The Kier molecular flexibility index (Phi) is 4.19. The second-order valence-corrected chi connectivity index (χ2v) is 5.75. The molecule has 0 unspecified atom stereocenters. The number of amides is 1. The molecule has 6 heteroatoms. The monoisotopic (exact) mass is 264 g/mol. The molecule has 0 saturated heterocycles. The highest BCUT2D eigenvalue weighted by Crippen LogP contribution is 2.08. The lowest BCUT2D eigenvalue weighted by Gasteiger charge is -2.05. The predicted molar refractivity (Wildman–Crippen MR) is 72.4 cm³/mol. The van der Waals surface area contributed by atoms with Gasteiger partial charge in [-0.15, -0.1) is 22.0 Å². The summed E-state index contributed by atoms with van der Waals surface area (Å²) in [5.41, 5.74) is 0.790. The number of nitrogens with one attached hydrogen (secondary N) is 1. The number of aromatic nitrogens is 3. The van der Waals surface area contributed by atoms with Crippen molar-refractivity contribution in [1.82, 2.24) is 19.9 Å². The Labute approximate surface area is 110 Å². The van der Waals surface area contributed by atoms with Gasteiger partial charge in [0.25, 0.3) is 0 Å². The fraction of sp³-hybridized carbons (Fsp3) is 0.417. The van der Waals surface area contributed by atoms with E-state index in [2.05, 4.69) is 29.4 Å². The Morgan fingerprint density at radius 3 is 3.06 bits per heavy atom. The molecule has 0 radical (unpaired) electrons. The largest absolute Gasteiger partial charge is 0.348 e. The number of hydrogen-bond acceptors (Lipinski definition) is 4. The molecule has 0 atom stereocenters. The molecule has 0 fully saturated rings. The zero-order valence-electron chi connectivity index (χ0n) is 10.5. The fourth-order valence-electron chi connectivity index (χ4n) is 1.48. The highest BCUT2D eigenvalue weighted by molar-refractivity contribution is 8.00. The number of nitrogens with zero attached hydrogens (tertiary/aromatic N) is 3. The van der Waals surface area contributed by atoms with Gasteiger partial charge in [-0.25, -0.2) is 0 Å². The number of rotatable bonds is 5. The first-order valence-electron chi connectivity index (χ1n) is 5.84. The first-order valence-corrected chi connectivity index (χ1v) is 6.88. The van der Waals surface area contributed by atoms with E-state index in [1.54, 1.807) is 11.8 Å². The summed E-state index contributed by atoms with van der Waals surface area (Å²) in [7, 11) is 0. The lowest BCUT2D eigenvalue weighted by Crippen LogP contribution is -2.26. The smallest absolute Gasteiger partial charge is 0.230 e. The molecule has 96 valence electrons. The lowest BCUT2D eigenvalue weighted by atomic mass is 10.4. The van der Waals surface area contributed by atoms with Crippen LogP contribution < -0.4 is 5.32 Å². The summed E-state index contributed by atoms with van der Waals surface area (Å²) in [5, 5.41) is 11.4. The van der Waals surface area contributed by atoms with Crippen molar-refractivity contribution < 1.29 is 4.79 Å². The molecule has 0 aliphatic rings. The molecular weight excluding hydrogens is 248 g/mol. The van der Waals surface area contributed by atoms with Gasteiger partial charge in [0.2, 0.25) is 5.91 Å². The van der Waals surface area contributed by atoms with Crippen LogP contribution in [0.1, 0.15) is 19.7 Å². The number of carbonyl (C=O) groups is 1. The highest BCUT2D eigenvalue weighted by Gasteiger charge is 2.07. The maximum absolute atomic E-state index is 11.6. The van der Waals surface area contributed by atoms with Crippen molar-refractivity contribution in [2.75, 3.05) is 5.75 Å². The van der Waals surface area contributed by atoms with Crippen LogP contribution in [-0.4, -0.2) is 31.5 Å². The third kappa shape index (κ3) is 3.22. The molecule has 2 aromatic rings. The molecule has 0 saturated carbocycles. The van der Waals surface area contributed by atoms with Crippen LogP contribution in [-0.2, 0) is 11.3 Å². The van der Waals surface area contributed by atoms with Crippen molar-refractivity contribution in [2.24, 2.45) is 0 Å². The van der Waals surface area contributed by atoms with Crippen LogP contribution in [0.2, 0.25) is 0 Å². The van der Waals surface area contributed by atoms with E-state index >= 15 is 0 Å². The van der Waals surface area contributed by atoms with Crippen LogP contribution in [0.5, 0.6) is 0 Å². The fourth-order valence-corrected chi connectivity index (χ4v) is 2.07. The minimum absolute atomic E-state index is 0.0291. The van der Waals surface area contributed by atoms with E-state index < -0.39 is 0 Å². The maximum atomic E-state index is 11.6. The summed E-state index contributed by atoms with van der Waals surface area (Å²) in [6, 6.07) is 5.70. The van der Waals surface area contributed by atoms with E-state index in [-0.39, 0.29) is 5.91 Å². The van der Waals surface area contributed by atoms with E-state index in [1.807, 2.05) is 28.8 Å². The molecule has 0 aromatic carbocycles. The maximum Gasteiger partial charge on any atom is 0.230 e. The molecule has 0 aliphatic heterocycles. The Balaban J connectivity index is 1.92. The lowest BCUT2D eigenvalue weighted by molar-refractivity contribution is -0.118. The third-order valence-electron chi connectivity index (χ3n) is 2.38. The molecule has 2 rings (SSSR count). The van der Waals surface area contributed by atoms with Gasteiger partial charge in [0.1, 0.15) is 0 Å². The standard InChI is InChI=1S/C12H16N4OS/c1-9(2)18-8-12(17)13-7-11-15-14-10-5-3-4-6-16(10)11/h3-6,9H,7-8H2,1-2H3,(H,13,17). The van der Waals surface area contributed by atoms with Crippen molar-refractivity contribution in [3.05, 3.63) is 30.2 Å². The Hall–Kier alpha value is -1.56. The van der Waals surface area contributed by atoms with Gasteiger partial charge in [0.05, 0.1) is 12.3 Å². The molecule has 0 spiro atoms. The molecule has 18 heavy (non-hydrogen) atoms. The van der Waals surface area contributed by atoms with Crippen molar-refractivity contribution in [3.63, 3.8) is 0 Å². The second-order valence-electron chi connectivity index (χ2n) is 4.18. The Morgan fingerprint density at radius 2 is 2.28 bits per heavy atom. The van der Waals surface area contributed by atoms with E-state index in [1.165, 1.54) is 0 Å². The first-order chi connectivity index (χ1) is 8.66. The van der Waals surface area contributed by atoms with Crippen molar-refractivity contribution >= 4 is 23.3 Å². The summed E-state index contributed by atoms with van der Waals surface area (Å²) in [6.07, 6.45) is 1.89. The van der Waals surface area contributed by atoms with Gasteiger partial charge in [-0.2, -0.15) is 0 Å². The predicted octanol–water partition coefficient (Wildman–Crippen LogP) is 1.49. The summed E-state index contributed by atoms with van der Waals surface area (Å²) in [5.74, 6) is 1.25. The van der Waals surface area contributed by atoms with Gasteiger partial charge in [-0.05, 0) is 17.4 Å². The second kappa shape index (κ2) is 5.86. The van der Waals surface area contributed by atoms with Gasteiger partial charge in [0.15, 0.2) is 11.5 Å². The van der Waals surface area contributed by atoms with Crippen molar-refractivity contribution in [1.29, 1.82) is 0 Å². The Bertz CT molecular complexity index is 538. The molecular formula is C12H16N4OS. The molecule has 0 bridgehead atoms. The topological polar surface area (TPSA) is 59.3 Å². The minimum Gasteiger partial charge on any atom is -0.348 e. The minimum atomic E-state index is 0.0291. The van der Waals surface area contributed by atoms with E-state index in [4.69, 9.17) is 0 Å². The molecule has 1 N–H and O–H groups in total. The van der Waals surface area contributed by atoms with Gasteiger partial charge in [0, 0.05) is 6.20 Å². The van der Waals surface area contributed by atoms with Crippen molar-refractivity contribution in [3.8, 4) is 0 Å². The summed E-state index contributed by atoms with van der Waals surface area (Å²) < 4.78 is 1.87. The Morgan fingerprint density at radius 1 is 1.44 bits per heavy atom. The van der Waals surface area contributed by atoms with Crippen molar-refractivity contribution in [2.45, 2.75) is 25.6 Å². The molecule has 2 aromatic heterocycles. The average molecular weight is 264 g/mol. The van der Waals surface area contributed by atoms with Crippen LogP contribution in [0.15, 0.2) is 24.4 Å². The molecule has 0 aliphatic carbocycles. The zero-order chi connectivity index (χ0) is 13.0. The average Bonchev–Trinajstić information content (AvgIpc) is 2.77. The number of pyridine rings is 1. The van der Waals surface area contributed by atoms with Crippen LogP contribution in [0, 0.1) is 0 Å². The molecule has 1 amide bonds. The van der Waals surface area contributed by atoms with E-state index in [0.717, 1.165) is 11.5 Å². The quantitative estimate of drug-likeness (QED) is 0.889. The number of hydrogen-bond donors (Lipinski definition) is 1. The first kappa shape index (κ1) is 12.9. The van der Waals surface area contributed by atoms with Crippen LogP contribution in [0.4, 0.5) is 0 Å². The van der Waals surface area contributed by atoms with E-state index in [0.29, 0.717) is 17.5 Å². The summed E-state index contributed by atoms with van der Waals surface area (Å²) in [6.45, 7) is 4.55. The van der Waals surface area contributed by atoms with E-state index in [9.17, 15) is 4.79 Å². The van der Waals surface area contributed by atoms with Crippen LogP contribution in [0.3, 0.4) is 0 Å². The van der Waals surface area contributed by atoms with Gasteiger partial charge >= 0.3 is 0 Å². The molecule has 2 heterocycles. The number of thioether (sulfide) groups is 1. The van der Waals surface area contributed by atoms with Gasteiger partial charge < -0.3 is 5.32 Å². The number of fused-ring (bicyclic) bond motifs is 1. The zero-order valence-corrected chi connectivity index (χ0v) is 11.3. The van der Waals surface area contributed by atoms with Gasteiger partial charge in [-0.1, -0.05) is 19.9 Å². The number of carbonyl (C=O) groups excluding carboxylic acids is 1. The summed E-state index contributed by atoms with van der Waals surface area (Å²) in [4.78, 5) is 11.6.